The third kappa shape index (κ3) is 3.02. The summed E-state index contributed by atoms with van der Waals surface area (Å²) in [5.74, 6) is -1.97. The molecule has 1 aromatic rings. The maximum Gasteiger partial charge on any atom is 0.152 e. The van der Waals surface area contributed by atoms with Crippen molar-refractivity contribution in [3.05, 3.63) is 33.8 Å². The van der Waals surface area contributed by atoms with Crippen LogP contribution in [0.15, 0.2) is 16.6 Å². The molecule has 7 heteroatoms. The molecule has 2 atom stereocenters. The molecular formula is C10H11BrF2O3S. The van der Waals surface area contributed by atoms with Gasteiger partial charge >= 0.3 is 0 Å². The molecule has 1 rings (SSSR count). The molecule has 0 radical (unpaired) electrons. The zero-order chi connectivity index (χ0) is 13.4. The van der Waals surface area contributed by atoms with E-state index in [1.807, 2.05) is 0 Å². The maximum absolute atomic E-state index is 13.6. The van der Waals surface area contributed by atoms with Crippen LogP contribution in [0.2, 0.25) is 0 Å². The van der Waals surface area contributed by atoms with Gasteiger partial charge in [0.1, 0.15) is 17.7 Å². The second-order valence-electron chi connectivity index (χ2n) is 3.74. The van der Waals surface area contributed by atoms with Crippen LogP contribution in [0.3, 0.4) is 0 Å². The van der Waals surface area contributed by atoms with Crippen molar-refractivity contribution in [2.45, 2.75) is 18.3 Å². The Balaban J connectivity index is 3.31. The van der Waals surface area contributed by atoms with Gasteiger partial charge in [-0.15, -0.1) is 0 Å². The molecule has 0 aliphatic rings. The van der Waals surface area contributed by atoms with E-state index in [1.165, 1.54) is 6.92 Å². The Hall–Kier alpha value is -0.530. The Kier molecular flexibility index (Phi) is 4.27. The van der Waals surface area contributed by atoms with Crippen molar-refractivity contribution in [3.63, 3.8) is 0 Å². The molecule has 1 N–H and O–H groups in total. The number of benzene rings is 1. The SMILES string of the molecule is CC(C(O)c1c(F)ccc(Br)c1F)S(C)(=O)=O. The Morgan fingerprint density at radius 1 is 1.35 bits per heavy atom. The first kappa shape index (κ1) is 14.5. The van der Waals surface area contributed by atoms with Gasteiger partial charge in [0.15, 0.2) is 9.84 Å². The predicted molar refractivity (Wildman–Crippen MR) is 63.3 cm³/mol. The maximum atomic E-state index is 13.6. The molecule has 96 valence electrons. The summed E-state index contributed by atoms with van der Waals surface area (Å²) in [7, 11) is -3.60. The molecular weight excluding hydrogens is 318 g/mol. The molecule has 0 fully saturated rings. The summed E-state index contributed by atoms with van der Waals surface area (Å²) in [5, 5.41) is 8.44. The summed E-state index contributed by atoms with van der Waals surface area (Å²) in [4.78, 5) is 0. The molecule has 0 amide bonds. The molecule has 0 aliphatic heterocycles. The first-order valence-electron chi connectivity index (χ1n) is 4.66. The van der Waals surface area contributed by atoms with Gasteiger partial charge in [0.2, 0.25) is 0 Å². The van der Waals surface area contributed by atoms with Gasteiger partial charge in [0.05, 0.1) is 15.3 Å². The minimum atomic E-state index is -3.60. The van der Waals surface area contributed by atoms with E-state index in [9.17, 15) is 22.3 Å². The summed E-state index contributed by atoms with van der Waals surface area (Å²) in [6, 6.07) is 2.10. The number of rotatable bonds is 3. The number of sulfone groups is 1. The summed E-state index contributed by atoms with van der Waals surface area (Å²) in [5.41, 5.74) is -0.641. The minimum Gasteiger partial charge on any atom is -0.387 e. The van der Waals surface area contributed by atoms with Crippen molar-refractivity contribution in [2.75, 3.05) is 6.26 Å². The highest BCUT2D eigenvalue weighted by molar-refractivity contribution is 9.10. The molecule has 2 unspecified atom stereocenters. The van der Waals surface area contributed by atoms with Crippen LogP contribution in [0.1, 0.15) is 18.6 Å². The average molecular weight is 329 g/mol. The molecule has 0 aliphatic carbocycles. The van der Waals surface area contributed by atoms with Gasteiger partial charge in [-0.1, -0.05) is 0 Å². The number of hydrogen-bond donors (Lipinski definition) is 1. The van der Waals surface area contributed by atoms with Crippen LogP contribution >= 0.6 is 15.9 Å². The molecule has 0 spiro atoms. The summed E-state index contributed by atoms with van der Waals surface area (Å²) in [6.07, 6.45) is -0.850. The lowest BCUT2D eigenvalue weighted by Gasteiger charge is -2.19. The lowest BCUT2D eigenvalue weighted by atomic mass is 10.1. The normalized spacial score (nSPS) is 15.6. The highest BCUT2D eigenvalue weighted by atomic mass is 79.9. The van der Waals surface area contributed by atoms with E-state index in [0.29, 0.717) is 0 Å². The highest BCUT2D eigenvalue weighted by Crippen LogP contribution is 2.30. The van der Waals surface area contributed by atoms with Crippen molar-refractivity contribution in [2.24, 2.45) is 0 Å². The Bertz CT molecular complexity index is 531. The summed E-state index contributed by atoms with van der Waals surface area (Å²) >= 11 is 2.85. The smallest absolute Gasteiger partial charge is 0.152 e. The van der Waals surface area contributed by atoms with Crippen LogP contribution in [0.5, 0.6) is 0 Å². The van der Waals surface area contributed by atoms with E-state index in [2.05, 4.69) is 15.9 Å². The lowest BCUT2D eigenvalue weighted by Crippen LogP contribution is -2.26. The molecule has 0 bridgehead atoms. The zero-order valence-electron chi connectivity index (χ0n) is 9.12. The third-order valence-electron chi connectivity index (χ3n) is 2.50. The van der Waals surface area contributed by atoms with Crippen molar-refractivity contribution in [1.82, 2.24) is 0 Å². The Morgan fingerprint density at radius 3 is 2.35 bits per heavy atom. The topological polar surface area (TPSA) is 54.4 Å². The monoisotopic (exact) mass is 328 g/mol. The molecule has 0 saturated heterocycles. The first-order chi connectivity index (χ1) is 7.66. The standard InChI is InChI=1S/C10H11BrF2O3S/c1-5(17(2,15)16)10(14)8-7(12)4-3-6(11)9(8)13/h3-5,10,14H,1-2H3. The summed E-state index contributed by atoms with van der Waals surface area (Å²) < 4.78 is 49.5. The number of halogens is 3. The van der Waals surface area contributed by atoms with E-state index in [4.69, 9.17) is 0 Å². The first-order valence-corrected chi connectivity index (χ1v) is 7.41. The van der Waals surface area contributed by atoms with Crippen LogP contribution in [0, 0.1) is 11.6 Å². The van der Waals surface area contributed by atoms with E-state index in [-0.39, 0.29) is 4.47 Å². The van der Waals surface area contributed by atoms with Gasteiger partial charge in [-0.2, -0.15) is 0 Å². The second-order valence-corrected chi connectivity index (χ2v) is 6.99. The largest absolute Gasteiger partial charge is 0.387 e. The molecule has 0 heterocycles. The van der Waals surface area contributed by atoms with Crippen molar-refractivity contribution in [1.29, 1.82) is 0 Å². The molecule has 0 aromatic heterocycles. The Morgan fingerprint density at radius 2 is 1.88 bits per heavy atom. The fraction of sp³-hybridized carbons (Fsp3) is 0.400. The zero-order valence-corrected chi connectivity index (χ0v) is 11.5. The quantitative estimate of drug-likeness (QED) is 0.865. The van der Waals surface area contributed by atoms with E-state index in [0.717, 1.165) is 18.4 Å². The van der Waals surface area contributed by atoms with Gasteiger partial charge in [0.25, 0.3) is 0 Å². The molecule has 17 heavy (non-hydrogen) atoms. The molecule has 1 aromatic carbocycles. The minimum absolute atomic E-state index is 0.0337. The van der Waals surface area contributed by atoms with Gasteiger partial charge in [0, 0.05) is 6.26 Å². The van der Waals surface area contributed by atoms with E-state index in [1.54, 1.807) is 0 Å². The molecule has 3 nitrogen and oxygen atoms in total. The predicted octanol–water partition coefficient (Wildman–Crippen LogP) is 2.19. The lowest BCUT2D eigenvalue weighted by molar-refractivity contribution is 0.166. The number of aliphatic hydroxyl groups excluding tert-OH is 1. The van der Waals surface area contributed by atoms with Crippen molar-refractivity contribution >= 4 is 25.8 Å². The third-order valence-corrected chi connectivity index (χ3v) is 4.72. The Labute approximate surface area is 107 Å². The average Bonchev–Trinajstić information content (AvgIpc) is 2.21. The van der Waals surface area contributed by atoms with E-state index >= 15 is 0 Å². The fourth-order valence-corrected chi connectivity index (χ4v) is 2.23. The summed E-state index contributed by atoms with van der Waals surface area (Å²) in [6.45, 7) is 1.19. The van der Waals surface area contributed by atoms with Gasteiger partial charge in [-0.3, -0.25) is 0 Å². The van der Waals surface area contributed by atoms with Crippen LogP contribution in [0.25, 0.3) is 0 Å². The van der Waals surface area contributed by atoms with Gasteiger partial charge < -0.3 is 5.11 Å². The van der Waals surface area contributed by atoms with Crippen molar-refractivity contribution in [3.8, 4) is 0 Å². The number of aliphatic hydroxyl groups is 1. The van der Waals surface area contributed by atoms with Crippen LogP contribution in [-0.2, 0) is 9.84 Å². The molecule has 0 saturated carbocycles. The van der Waals surface area contributed by atoms with Crippen LogP contribution < -0.4 is 0 Å². The van der Waals surface area contributed by atoms with Gasteiger partial charge in [-0.05, 0) is 35.0 Å². The van der Waals surface area contributed by atoms with Crippen molar-refractivity contribution < 1.29 is 22.3 Å². The van der Waals surface area contributed by atoms with Gasteiger partial charge in [-0.25, -0.2) is 17.2 Å². The highest BCUT2D eigenvalue weighted by Gasteiger charge is 2.30. The van der Waals surface area contributed by atoms with E-state index < -0.39 is 38.4 Å². The van der Waals surface area contributed by atoms with Crippen LogP contribution in [-0.4, -0.2) is 25.0 Å². The number of hydrogen-bond acceptors (Lipinski definition) is 3. The fourth-order valence-electron chi connectivity index (χ4n) is 1.28. The van der Waals surface area contributed by atoms with Crippen LogP contribution in [0.4, 0.5) is 8.78 Å². The second kappa shape index (κ2) is 4.99.